The molecular weight excluding hydrogens is 316 g/mol. The first-order valence-electron chi connectivity index (χ1n) is 8.90. The molecule has 4 heteroatoms. The fourth-order valence-corrected chi connectivity index (χ4v) is 4.64. The molecule has 2 aliphatic carbocycles. The van der Waals surface area contributed by atoms with Gasteiger partial charge in [0, 0.05) is 30.4 Å². The summed E-state index contributed by atoms with van der Waals surface area (Å²) in [5, 5.41) is 0. The van der Waals surface area contributed by atoms with E-state index < -0.39 is 0 Å². The summed E-state index contributed by atoms with van der Waals surface area (Å²) >= 11 is 0. The van der Waals surface area contributed by atoms with Gasteiger partial charge in [0.2, 0.25) is 0 Å². The van der Waals surface area contributed by atoms with Gasteiger partial charge < -0.3 is 14.2 Å². The number of hydrogen-bond acceptors (Lipinski definition) is 4. The number of methoxy groups -OCH3 is 1. The molecule has 0 aromatic heterocycles. The topological polar surface area (TPSA) is 44.8 Å². The third-order valence-electron chi connectivity index (χ3n) is 5.90. The molecule has 0 N–H and O–H groups in total. The number of allylic oxidation sites excluding steroid dienone is 1. The Morgan fingerprint density at radius 2 is 2.16 bits per heavy atom. The molecule has 4 rings (SSSR count). The molecule has 1 heterocycles. The summed E-state index contributed by atoms with van der Waals surface area (Å²) in [4.78, 5) is 11.5. The Morgan fingerprint density at radius 3 is 2.88 bits per heavy atom. The maximum atomic E-state index is 11.5. The van der Waals surface area contributed by atoms with E-state index in [2.05, 4.69) is 26.0 Å². The Labute approximate surface area is 148 Å². The molecule has 0 radical (unpaired) electrons. The molecule has 0 bridgehead atoms. The van der Waals surface area contributed by atoms with Crippen LogP contribution in [-0.4, -0.2) is 25.3 Å². The second-order valence-electron chi connectivity index (χ2n) is 7.38. The van der Waals surface area contributed by atoms with E-state index in [4.69, 9.17) is 14.2 Å². The molecule has 0 spiro atoms. The minimum absolute atomic E-state index is 0.0171. The standard InChI is InChI=1S/C21H24O4/c1-12-20-16(15-6-5-14(23-4)11-18(15)24-12)9-10-21(3)17(20)7-8-19(21)25-13(2)22/h5-7,11-12,19H,8-10H2,1-4H3/t12-,19-,21-/m0/s1. The average molecular weight is 340 g/mol. The van der Waals surface area contributed by atoms with Crippen LogP contribution in [0.2, 0.25) is 0 Å². The fraction of sp³-hybridized carbons (Fsp3) is 0.476. The third-order valence-corrected chi connectivity index (χ3v) is 5.90. The lowest BCUT2D eigenvalue weighted by Crippen LogP contribution is -2.39. The molecule has 4 nitrogen and oxygen atoms in total. The molecule has 132 valence electrons. The van der Waals surface area contributed by atoms with E-state index in [0.29, 0.717) is 0 Å². The van der Waals surface area contributed by atoms with E-state index in [1.807, 2.05) is 12.1 Å². The van der Waals surface area contributed by atoms with Gasteiger partial charge in [-0.1, -0.05) is 13.0 Å². The van der Waals surface area contributed by atoms with E-state index in [1.165, 1.54) is 23.6 Å². The Morgan fingerprint density at radius 1 is 1.36 bits per heavy atom. The maximum absolute atomic E-state index is 11.5. The van der Waals surface area contributed by atoms with Gasteiger partial charge in [0.05, 0.1) is 7.11 Å². The van der Waals surface area contributed by atoms with Crippen molar-refractivity contribution in [2.24, 2.45) is 5.41 Å². The molecule has 1 aliphatic heterocycles. The number of esters is 1. The van der Waals surface area contributed by atoms with Crippen molar-refractivity contribution < 1.29 is 19.0 Å². The van der Waals surface area contributed by atoms with Gasteiger partial charge in [-0.25, -0.2) is 0 Å². The van der Waals surface area contributed by atoms with Crippen molar-refractivity contribution in [3.63, 3.8) is 0 Å². The molecular formula is C21H24O4. The lowest BCUT2D eigenvalue weighted by atomic mass is 9.66. The second kappa shape index (κ2) is 5.65. The highest BCUT2D eigenvalue weighted by molar-refractivity contribution is 5.81. The zero-order valence-corrected chi connectivity index (χ0v) is 15.2. The molecule has 0 saturated heterocycles. The second-order valence-corrected chi connectivity index (χ2v) is 7.38. The van der Waals surface area contributed by atoms with Gasteiger partial charge in [-0.2, -0.15) is 0 Å². The van der Waals surface area contributed by atoms with Crippen molar-refractivity contribution in [3.05, 3.63) is 41.0 Å². The summed E-state index contributed by atoms with van der Waals surface area (Å²) in [6, 6.07) is 6.05. The Balaban J connectivity index is 1.78. The Bertz CT molecular complexity index is 804. The van der Waals surface area contributed by atoms with E-state index in [-0.39, 0.29) is 23.6 Å². The van der Waals surface area contributed by atoms with Gasteiger partial charge in [-0.05, 0) is 48.6 Å². The van der Waals surface area contributed by atoms with Gasteiger partial charge in [0.15, 0.2) is 0 Å². The van der Waals surface area contributed by atoms with E-state index in [9.17, 15) is 4.79 Å². The highest BCUT2D eigenvalue weighted by Gasteiger charge is 2.49. The summed E-state index contributed by atoms with van der Waals surface area (Å²) in [6.07, 6.45) is 4.89. The minimum atomic E-state index is -0.203. The molecule has 1 aromatic rings. The van der Waals surface area contributed by atoms with Crippen molar-refractivity contribution in [3.8, 4) is 11.5 Å². The zero-order chi connectivity index (χ0) is 17.8. The largest absolute Gasteiger partial charge is 0.497 e. The Hall–Kier alpha value is -2.23. The first kappa shape index (κ1) is 16.2. The number of carbonyl (C=O) groups is 1. The van der Waals surface area contributed by atoms with Gasteiger partial charge >= 0.3 is 5.97 Å². The quantitative estimate of drug-likeness (QED) is 0.753. The summed E-state index contributed by atoms with van der Waals surface area (Å²) in [5.41, 5.74) is 4.98. The maximum Gasteiger partial charge on any atom is 0.302 e. The smallest absolute Gasteiger partial charge is 0.302 e. The highest BCUT2D eigenvalue weighted by Crippen LogP contribution is 2.57. The molecule has 0 amide bonds. The van der Waals surface area contributed by atoms with Crippen LogP contribution in [0.3, 0.4) is 0 Å². The number of benzene rings is 1. The number of ether oxygens (including phenoxy) is 3. The molecule has 0 unspecified atom stereocenters. The van der Waals surface area contributed by atoms with Crippen molar-refractivity contribution in [2.75, 3.05) is 7.11 Å². The van der Waals surface area contributed by atoms with Crippen molar-refractivity contribution >= 4 is 11.5 Å². The molecule has 3 atom stereocenters. The lowest BCUT2D eigenvalue weighted by molar-refractivity contribution is -0.150. The van der Waals surface area contributed by atoms with E-state index in [0.717, 1.165) is 36.3 Å². The van der Waals surface area contributed by atoms with Crippen molar-refractivity contribution in [1.29, 1.82) is 0 Å². The van der Waals surface area contributed by atoms with Crippen LogP contribution in [0.5, 0.6) is 11.5 Å². The molecule has 3 aliphatic rings. The summed E-state index contributed by atoms with van der Waals surface area (Å²) in [6.45, 7) is 5.81. The summed E-state index contributed by atoms with van der Waals surface area (Å²) in [7, 11) is 1.67. The third kappa shape index (κ3) is 2.38. The normalized spacial score (nSPS) is 29.8. The van der Waals surface area contributed by atoms with Gasteiger partial charge in [0.25, 0.3) is 0 Å². The SMILES string of the molecule is COc1ccc2c(c1)O[C@@H](C)C1=C2CC[C@@]2(C)C1=CC[C@@H]2OC(C)=O. The first-order valence-corrected chi connectivity index (χ1v) is 8.90. The van der Waals surface area contributed by atoms with Crippen molar-refractivity contribution in [2.45, 2.75) is 52.2 Å². The highest BCUT2D eigenvalue weighted by atomic mass is 16.5. The predicted molar refractivity (Wildman–Crippen MR) is 95.6 cm³/mol. The van der Waals surface area contributed by atoms with Crippen LogP contribution in [0.25, 0.3) is 5.57 Å². The van der Waals surface area contributed by atoms with Gasteiger partial charge in [-0.3, -0.25) is 4.79 Å². The van der Waals surface area contributed by atoms with Crippen LogP contribution in [0.1, 0.15) is 45.6 Å². The number of fused-ring (bicyclic) bond motifs is 4. The predicted octanol–water partition coefficient (Wildman–Crippen LogP) is 4.29. The lowest BCUT2D eigenvalue weighted by Gasteiger charge is -2.43. The molecule has 0 saturated carbocycles. The fourth-order valence-electron chi connectivity index (χ4n) is 4.64. The Kier molecular flexibility index (Phi) is 3.67. The molecule has 0 fully saturated rings. The van der Waals surface area contributed by atoms with Gasteiger partial charge in [-0.15, -0.1) is 0 Å². The van der Waals surface area contributed by atoms with Crippen LogP contribution < -0.4 is 9.47 Å². The summed E-state index contributed by atoms with van der Waals surface area (Å²) in [5.74, 6) is 1.50. The van der Waals surface area contributed by atoms with Crippen LogP contribution in [0.4, 0.5) is 0 Å². The van der Waals surface area contributed by atoms with Crippen LogP contribution >= 0.6 is 0 Å². The monoisotopic (exact) mass is 340 g/mol. The molecule has 25 heavy (non-hydrogen) atoms. The number of hydrogen-bond donors (Lipinski definition) is 0. The van der Waals surface area contributed by atoms with Gasteiger partial charge in [0.1, 0.15) is 23.7 Å². The van der Waals surface area contributed by atoms with E-state index in [1.54, 1.807) is 7.11 Å². The number of carbonyl (C=O) groups excluding carboxylic acids is 1. The van der Waals surface area contributed by atoms with Crippen LogP contribution in [0.15, 0.2) is 35.4 Å². The minimum Gasteiger partial charge on any atom is -0.497 e. The first-order chi connectivity index (χ1) is 11.9. The van der Waals surface area contributed by atoms with Crippen LogP contribution in [0, 0.1) is 5.41 Å². The average Bonchev–Trinajstić information content (AvgIpc) is 2.90. The van der Waals surface area contributed by atoms with Crippen LogP contribution in [-0.2, 0) is 9.53 Å². The summed E-state index contributed by atoms with van der Waals surface area (Å²) < 4.78 is 17.2. The van der Waals surface area contributed by atoms with E-state index >= 15 is 0 Å². The zero-order valence-electron chi connectivity index (χ0n) is 15.2. The molecule has 1 aromatic carbocycles. The van der Waals surface area contributed by atoms with Crippen molar-refractivity contribution in [1.82, 2.24) is 0 Å². The number of rotatable bonds is 2.